The molecule has 0 radical (unpaired) electrons. The number of carbonyl (C=O) groups is 1. The van der Waals surface area contributed by atoms with Gasteiger partial charge in [0.1, 0.15) is 24.4 Å². The SMILES string of the molecule is CCCCCCCCC/C=C/CC/C=C/C(O)C(COC1OC(CO)C(O)C(O)C1O)NC(=O)CCCCCCCCCCCCCCCCCCCCCCCCCCCCCCCCCCCCC. The van der Waals surface area contributed by atoms with Gasteiger partial charge in [-0.25, -0.2) is 0 Å². The topological polar surface area (TPSA) is 149 Å². The zero-order chi connectivity index (χ0) is 51.5. The number of hydrogen-bond acceptors (Lipinski definition) is 8. The van der Waals surface area contributed by atoms with Crippen LogP contribution in [0.15, 0.2) is 24.3 Å². The number of allylic oxidation sites excluding steroid dienone is 3. The van der Waals surface area contributed by atoms with Gasteiger partial charge in [-0.15, -0.1) is 0 Å². The molecule has 6 N–H and O–H groups in total. The van der Waals surface area contributed by atoms with Gasteiger partial charge in [0.2, 0.25) is 5.91 Å². The Hall–Kier alpha value is -1.33. The van der Waals surface area contributed by atoms with E-state index in [1.165, 1.54) is 250 Å². The van der Waals surface area contributed by atoms with Crippen LogP contribution in [0.25, 0.3) is 0 Å². The van der Waals surface area contributed by atoms with Gasteiger partial charge < -0.3 is 40.3 Å². The number of aliphatic hydroxyl groups excluding tert-OH is 5. The fourth-order valence-corrected chi connectivity index (χ4v) is 10.1. The Morgan fingerprint density at radius 3 is 1.18 bits per heavy atom. The molecule has 1 rings (SSSR count). The third kappa shape index (κ3) is 41.6. The fraction of sp³-hybridized carbons (Fsp3) is 0.919. The van der Waals surface area contributed by atoms with Crippen LogP contribution in [0.1, 0.15) is 309 Å². The van der Waals surface area contributed by atoms with Crippen molar-refractivity contribution < 1.29 is 39.8 Å². The number of amides is 1. The maximum absolute atomic E-state index is 13.0. The highest BCUT2D eigenvalue weighted by atomic mass is 16.7. The van der Waals surface area contributed by atoms with E-state index in [9.17, 15) is 30.3 Å². The summed E-state index contributed by atoms with van der Waals surface area (Å²) in [5.41, 5.74) is 0. The van der Waals surface area contributed by atoms with E-state index in [4.69, 9.17) is 9.47 Å². The molecule has 9 heteroatoms. The van der Waals surface area contributed by atoms with Crippen LogP contribution < -0.4 is 5.32 Å². The molecule has 0 spiro atoms. The molecule has 7 unspecified atom stereocenters. The summed E-state index contributed by atoms with van der Waals surface area (Å²) in [6.45, 7) is 3.78. The molecule has 0 aromatic heterocycles. The van der Waals surface area contributed by atoms with E-state index in [1.54, 1.807) is 6.08 Å². The second kappa shape index (κ2) is 52.1. The highest BCUT2D eigenvalue weighted by molar-refractivity contribution is 5.76. The molecule has 7 atom stereocenters. The van der Waals surface area contributed by atoms with E-state index in [0.717, 1.165) is 38.5 Å². The molecule has 1 heterocycles. The number of unbranched alkanes of at least 4 members (excludes halogenated alkanes) is 42. The number of aliphatic hydroxyl groups is 5. The van der Waals surface area contributed by atoms with Gasteiger partial charge >= 0.3 is 0 Å². The summed E-state index contributed by atoms with van der Waals surface area (Å²) in [6.07, 6.45) is 60.1. The summed E-state index contributed by atoms with van der Waals surface area (Å²) in [7, 11) is 0. The lowest BCUT2D eigenvalue weighted by molar-refractivity contribution is -0.302. The molecule has 1 amide bonds. The molecule has 1 aliphatic rings. The Morgan fingerprint density at radius 1 is 0.465 bits per heavy atom. The van der Waals surface area contributed by atoms with Crippen LogP contribution in [-0.4, -0.2) is 87.5 Å². The molecular formula is C62H119NO8. The highest BCUT2D eigenvalue weighted by Crippen LogP contribution is 2.23. The molecule has 0 bridgehead atoms. The first-order valence-electron chi connectivity index (χ1n) is 31.1. The number of hydrogen-bond donors (Lipinski definition) is 6. The Balaban J connectivity index is 2.06. The van der Waals surface area contributed by atoms with Crippen molar-refractivity contribution in [3.63, 3.8) is 0 Å². The zero-order valence-electron chi connectivity index (χ0n) is 46.8. The number of carbonyl (C=O) groups excluding carboxylic acids is 1. The molecule has 1 saturated heterocycles. The van der Waals surface area contributed by atoms with E-state index in [0.29, 0.717) is 6.42 Å². The number of nitrogens with one attached hydrogen (secondary N) is 1. The minimum atomic E-state index is -1.57. The van der Waals surface area contributed by atoms with Crippen LogP contribution in [0.4, 0.5) is 0 Å². The van der Waals surface area contributed by atoms with Crippen LogP contribution in [0, 0.1) is 0 Å². The standard InChI is InChI=1S/C62H119NO8/c1-3-5-7-9-11-13-15-17-18-19-20-21-22-23-24-25-26-27-28-29-30-31-32-33-34-35-36-37-38-40-42-44-46-48-50-52-58(66)63-55(54-70-62-61(69)60(68)59(67)57(53-64)71-62)56(65)51-49-47-45-43-41-39-16-14-12-10-8-6-4-2/h41,43,49,51,55-57,59-62,64-65,67-69H,3-40,42,44-48,50,52-54H2,1-2H3,(H,63,66)/b43-41+,51-49+. The molecule has 9 nitrogen and oxygen atoms in total. The minimum Gasteiger partial charge on any atom is -0.394 e. The van der Waals surface area contributed by atoms with Gasteiger partial charge in [-0.05, 0) is 32.1 Å². The minimum absolute atomic E-state index is 0.181. The van der Waals surface area contributed by atoms with Gasteiger partial charge in [-0.1, -0.05) is 295 Å². The van der Waals surface area contributed by atoms with Crippen molar-refractivity contribution in [1.82, 2.24) is 5.32 Å². The summed E-state index contributed by atoms with van der Waals surface area (Å²) in [5.74, 6) is -0.181. The summed E-state index contributed by atoms with van der Waals surface area (Å²) in [5, 5.41) is 54.4. The molecule has 0 aromatic carbocycles. The zero-order valence-corrected chi connectivity index (χ0v) is 46.8. The molecule has 0 aromatic rings. The van der Waals surface area contributed by atoms with E-state index in [1.807, 2.05) is 6.08 Å². The van der Waals surface area contributed by atoms with Crippen LogP contribution in [0.2, 0.25) is 0 Å². The van der Waals surface area contributed by atoms with Gasteiger partial charge in [-0.3, -0.25) is 4.79 Å². The quantitative estimate of drug-likeness (QED) is 0.0261. The van der Waals surface area contributed by atoms with Gasteiger partial charge in [0.25, 0.3) is 0 Å². The van der Waals surface area contributed by atoms with E-state index < -0.39 is 49.5 Å². The lowest BCUT2D eigenvalue weighted by Crippen LogP contribution is -2.60. The smallest absolute Gasteiger partial charge is 0.220 e. The molecular weight excluding hydrogens is 887 g/mol. The van der Waals surface area contributed by atoms with Crippen molar-refractivity contribution in [3.8, 4) is 0 Å². The van der Waals surface area contributed by atoms with Gasteiger partial charge in [0, 0.05) is 6.42 Å². The van der Waals surface area contributed by atoms with Crippen LogP contribution in [0.3, 0.4) is 0 Å². The lowest BCUT2D eigenvalue weighted by atomic mass is 9.99. The van der Waals surface area contributed by atoms with Crippen LogP contribution in [-0.2, 0) is 14.3 Å². The van der Waals surface area contributed by atoms with Crippen LogP contribution in [0.5, 0.6) is 0 Å². The maximum atomic E-state index is 13.0. The van der Waals surface area contributed by atoms with Crippen molar-refractivity contribution in [2.75, 3.05) is 13.2 Å². The van der Waals surface area contributed by atoms with Crippen molar-refractivity contribution in [2.45, 2.75) is 352 Å². The first-order chi connectivity index (χ1) is 34.8. The van der Waals surface area contributed by atoms with Crippen molar-refractivity contribution in [2.24, 2.45) is 0 Å². The average Bonchev–Trinajstić information content (AvgIpc) is 3.37. The monoisotopic (exact) mass is 1010 g/mol. The van der Waals surface area contributed by atoms with Gasteiger partial charge in [-0.2, -0.15) is 0 Å². The second-order valence-corrected chi connectivity index (χ2v) is 21.9. The summed E-state index contributed by atoms with van der Waals surface area (Å²) in [6, 6.07) is -0.818. The summed E-state index contributed by atoms with van der Waals surface area (Å²) >= 11 is 0. The number of rotatable bonds is 54. The molecule has 1 aliphatic heterocycles. The average molecular weight is 1010 g/mol. The first kappa shape index (κ1) is 67.7. The fourth-order valence-electron chi connectivity index (χ4n) is 10.1. The Labute approximate surface area is 439 Å². The Bertz CT molecular complexity index is 1170. The number of ether oxygens (including phenoxy) is 2. The van der Waals surface area contributed by atoms with Crippen LogP contribution >= 0.6 is 0 Å². The summed E-state index contributed by atoms with van der Waals surface area (Å²) in [4.78, 5) is 13.0. The first-order valence-corrected chi connectivity index (χ1v) is 31.1. The molecule has 420 valence electrons. The third-order valence-corrected chi connectivity index (χ3v) is 15.0. The van der Waals surface area contributed by atoms with Crippen molar-refractivity contribution in [1.29, 1.82) is 0 Å². The molecule has 0 aliphatic carbocycles. The van der Waals surface area contributed by atoms with Gasteiger partial charge in [0.05, 0.1) is 25.4 Å². The highest BCUT2D eigenvalue weighted by Gasteiger charge is 2.44. The maximum Gasteiger partial charge on any atom is 0.220 e. The van der Waals surface area contributed by atoms with Crippen molar-refractivity contribution >= 4 is 5.91 Å². The van der Waals surface area contributed by atoms with E-state index in [2.05, 4.69) is 31.3 Å². The largest absolute Gasteiger partial charge is 0.394 e. The third-order valence-electron chi connectivity index (χ3n) is 15.0. The van der Waals surface area contributed by atoms with E-state index >= 15 is 0 Å². The van der Waals surface area contributed by atoms with Crippen molar-refractivity contribution in [3.05, 3.63) is 24.3 Å². The predicted octanol–water partition coefficient (Wildman–Crippen LogP) is 15.7. The molecule has 71 heavy (non-hydrogen) atoms. The Kier molecular flexibility index (Phi) is 49.7. The van der Waals surface area contributed by atoms with Gasteiger partial charge in [0.15, 0.2) is 6.29 Å². The second-order valence-electron chi connectivity index (χ2n) is 21.9. The Morgan fingerprint density at radius 2 is 0.803 bits per heavy atom. The van der Waals surface area contributed by atoms with E-state index in [-0.39, 0.29) is 12.5 Å². The molecule has 1 fully saturated rings. The lowest BCUT2D eigenvalue weighted by Gasteiger charge is -2.40. The summed E-state index contributed by atoms with van der Waals surface area (Å²) < 4.78 is 11.2. The molecule has 0 saturated carbocycles. The predicted molar refractivity (Wildman–Crippen MR) is 300 cm³/mol. The normalized spacial score (nSPS) is 19.3.